The van der Waals surface area contributed by atoms with Crippen LogP contribution in [0.1, 0.15) is 44.2 Å². The second-order valence-electron chi connectivity index (χ2n) is 7.72. The standard InChI is InChI=1S/C20H27NO2.ClH/c1-4-15-12(2)18(22)11-20-7-8-21-17(19(15)20)9-13-5-6-14(23-3)10-16(13)20;/h5-6,10,12,15,17,19,21H,4,7-9,11H2,1-3H3;1H/t12?,15?,17-,19+,20-;/m1./s1. The number of Topliss-reactive ketones (excluding diaryl/α,β-unsaturated/α-hetero) is 1. The fraction of sp³-hybridized carbons (Fsp3) is 0.650. The number of nitrogens with one attached hydrogen (secondary N) is 1. The fourth-order valence-electron chi connectivity index (χ4n) is 5.87. The molecule has 2 aliphatic carbocycles. The van der Waals surface area contributed by atoms with Gasteiger partial charge < -0.3 is 10.1 Å². The van der Waals surface area contributed by atoms with Crippen LogP contribution in [0.3, 0.4) is 0 Å². The number of carbonyl (C=O) groups excluding carboxylic acids is 1. The zero-order valence-electron chi connectivity index (χ0n) is 14.8. The number of carbonyl (C=O) groups is 1. The smallest absolute Gasteiger partial charge is 0.136 e. The maximum Gasteiger partial charge on any atom is 0.136 e. The van der Waals surface area contributed by atoms with E-state index in [9.17, 15) is 4.79 Å². The van der Waals surface area contributed by atoms with Crippen molar-refractivity contribution >= 4 is 18.2 Å². The number of hydrogen-bond acceptors (Lipinski definition) is 3. The predicted molar refractivity (Wildman–Crippen MR) is 98.1 cm³/mol. The lowest BCUT2D eigenvalue weighted by atomic mass is 9.47. The van der Waals surface area contributed by atoms with Crippen molar-refractivity contribution in [1.29, 1.82) is 0 Å². The van der Waals surface area contributed by atoms with Crippen molar-refractivity contribution in [3.63, 3.8) is 0 Å². The van der Waals surface area contributed by atoms with E-state index in [0.29, 0.717) is 30.1 Å². The Labute approximate surface area is 151 Å². The summed E-state index contributed by atoms with van der Waals surface area (Å²) < 4.78 is 5.49. The molecule has 0 amide bonds. The molecule has 2 unspecified atom stereocenters. The largest absolute Gasteiger partial charge is 0.497 e. The summed E-state index contributed by atoms with van der Waals surface area (Å²) in [4.78, 5) is 12.8. The van der Waals surface area contributed by atoms with E-state index >= 15 is 0 Å². The number of hydrogen-bond donors (Lipinski definition) is 1. The highest BCUT2D eigenvalue weighted by atomic mass is 35.5. The predicted octanol–water partition coefficient (Wildman–Crippen LogP) is 3.52. The molecule has 1 heterocycles. The van der Waals surface area contributed by atoms with Crippen LogP contribution in [0.25, 0.3) is 0 Å². The molecule has 1 saturated heterocycles. The van der Waals surface area contributed by atoms with Crippen LogP contribution < -0.4 is 10.1 Å². The van der Waals surface area contributed by atoms with Crippen molar-refractivity contribution < 1.29 is 9.53 Å². The minimum Gasteiger partial charge on any atom is -0.497 e. The highest BCUT2D eigenvalue weighted by Gasteiger charge is 2.58. The van der Waals surface area contributed by atoms with Crippen molar-refractivity contribution in [3.05, 3.63) is 29.3 Å². The summed E-state index contributed by atoms with van der Waals surface area (Å²) in [5, 5.41) is 3.77. The Kier molecular flexibility index (Phi) is 4.69. The van der Waals surface area contributed by atoms with Crippen LogP contribution in [0, 0.1) is 17.8 Å². The molecule has 24 heavy (non-hydrogen) atoms. The molecule has 5 atom stereocenters. The molecule has 1 aliphatic heterocycles. The molecule has 2 bridgehead atoms. The van der Waals surface area contributed by atoms with Crippen LogP contribution in [0.2, 0.25) is 0 Å². The van der Waals surface area contributed by atoms with Gasteiger partial charge in [-0.05, 0) is 54.5 Å². The summed E-state index contributed by atoms with van der Waals surface area (Å²) >= 11 is 0. The van der Waals surface area contributed by atoms with Crippen LogP contribution in [0.15, 0.2) is 18.2 Å². The summed E-state index contributed by atoms with van der Waals surface area (Å²) in [6.07, 6.45) is 3.97. The number of fused-ring (bicyclic) bond motifs is 1. The lowest BCUT2D eigenvalue weighted by Crippen LogP contribution is -2.64. The Balaban J connectivity index is 0.00000169. The van der Waals surface area contributed by atoms with Gasteiger partial charge in [-0.15, -0.1) is 12.4 Å². The third kappa shape index (κ3) is 2.32. The topological polar surface area (TPSA) is 38.3 Å². The number of ketones is 1. The minimum atomic E-state index is 0. The van der Waals surface area contributed by atoms with Gasteiger partial charge in [0.15, 0.2) is 0 Å². The lowest BCUT2D eigenvalue weighted by molar-refractivity contribution is -0.134. The number of methoxy groups -OCH3 is 1. The van der Waals surface area contributed by atoms with Gasteiger partial charge in [0.2, 0.25) is 0 Å². The molecule has 2 fully saturated rings. The van der Waals surface area contributed by atoms with Crippen LogP contribution in [-0.2, 0) is 16.6 Å². The maximum atomic E-state index is 12.8. The highest BCUT2D eigenvalue weighted by molar-refractivity contribution is 5.85. The molecule has 0 spiro atoms. The first-order valence-corrected chi connectivity index (χ1v) is 9.04. The third-order valence-corrected chi connectivity index (χ3v) is 6.91. The number of piperidine rings is 1. The second kappa shape index (κ2) is 6.34. The normalized spacial score (nSPS) is 37.0. The SMILES string of the molecule is CCC1C(C)C(=O)C[C@]23CCN[C@H](Cc4ccc(OC)cc42)[C@H]13.Cl. The Morgan fingerprint density at radius 2 is 2.17 bits per heavy atom. The monoisotopic (exact) mass is 349 g/mol. The summed E-state index contributed by atoms with van der Waals surface area (Å²) in [7, 11) is 1.73. The maximum absolute atomic E-state index is 12.8. The van der Waals surface area contributed by atoms with Gasteiger partial charge in [0.05, 0.1) is 7.11 Å². The fourth-order valence-corrected chi connectivity index (χ4v) is 5.87. The first kappa shape index (κ1) is 17.8. The van der Waals surface area contributed by atoms with Crippen LogP contribution in [0.5, 0.6) is 5.75 Å². The van der Waals surface area contributed by atoms with Crippen molar-refractivity contribution in [2.75, 3.05) is 13.7 Å². The zero-order valence-corrected chi connectivity index (χ0v) is 15.6. The number of rotatable bonds is 2. The third-order valence-electron chi connectivity index (χ3n) is 6.91. The van der Waals surface area contributed by atoms with Gasteiger partial charge in [0.25, 0.3) is 0 Å². The van der Waals surface area contributed by atoms with E-state index in [1.165, 1.54) is 11.1 Å². The summed E-state index contributed by atoms with van der Waals surface area (Å²) in [5.74, 6) is 2.66. The summed E-state index contributed by atoms with van der Waals surface area (Å²) in [5.41, 5.74) is 2.84. The average molecular weight is 350 g/mol. The molecule has 0 radical (unpaired) electrons. The molecule has 132 valence electrons. The summed E-state index contributed by atoms with van der Waals surface area (Å²) in [6.45, 7) is 5.43. The van der Waals surface area contributed by atoms with Gasteiger partial charge >= 0.3 is 0 Å². The van der Waals surface area contributed by atoms with E-state index in [-0.39, 0.29) is 23.7 Å². The van der Waals surface area contributed by atoms with E-state index in [1.54, 1.807) is 7.11 Å². The number of benzene rings is 1. The number of ether oxygens (including phenoxy) is 1. The summed E-state index contributed by atoms with van der Waals surface area (Å²) in [6, 6.07) is 7.02. The van der Waals surface area contributed by atoms with Crippen molar-refractivity contribution in [2.45, 2.75) is 51.0 Å². The van der Waals surface area contributed by atoms with Crippen LogP contribution in [-0.4, -0.2) is 25.5 Å². The molecular formula is C20H28ClNO2. The Bertz CT molecular complexity index is 647. The quantitative estimate of drug-likeness (QED) is 0.887. The van der Waals surface area contributed by atoms with Gasteiger partial charge in [0.1, 0.15) is 11.5 Å². The van der Waals surface area contributed by atoms with Crippen molar-refractivity contribution in [1.82, 2.24) is 5.32 Å². The molecule has 1 N–H and O–H groups in total. The van der Waals surface area contributed by atoms with Crippen LogP contribution in [0.4, 0.5) is 0 Å². The molecule has 4 heteroatoms. The lowest BCUT2D eigenvalue weighted by Gasteiger charge is -2.59. The minimum absolute atomic E-state index is 0. The van der Waals surface area contributed by atoms with Crippen molar-refractivity contribution in [3.8, 4) is 5.75 Å². The molecule has 3 aliphatic rings. The second-order valence-corrected chi connectivity index (χ2v) is 7.72. The van der Waals surface area contributed by atoms with E-state index in [1.807, 2.05) is 0 Å². The Morgan fingerprint density at radius 3 is 2.88 bits per heavy atom. The van der Waals surface area contributed by atoms with Gasteiger partial charge in [-0.25, -0.2) is 0 Å². The molecule has 1 saturated carbocycles. The molecule has 3 nitrogen and oxygen atoms in total. The van der Waals surface area contributed by atoms with E-state index in [2.05, 4.69) is 37.4 Å². The Morgan fingerprint density at radius 1 is 1.38 bits per heavy atom. The first-order chi connectivity index (χ1) is 11.1. The molecule has 0 aromatic heterocycles. The molecule has 1 aromatic rings. The van der Waals surface area contributed by atoms with E-state index in [4.69, 9.17) is 4.74 Å². The van der Waals surface area contributed by atoms with Crippen LogP contribution >= 0.6 is 12.4 Å². The molecule has 1 aromatic carbocycles. The van der Waals surface area contributed by atoms with Gasteiger partial charge in [-0.1, -0.05) is 26.3 Å². The average Bonchev–Trinajstić information content (AvgIpc) is 2.55. The molecule has 4 rings (SSSR count). The van der Waals surface area contributed by atoms with E-state index in [0.717, 1.165) is 31.6 Å². The van der Waals surface area contributed by atoms with Gasteiger partial charge in [-0.3, -0.25) is 4.79 Å². The number of halogens is 1. The van der Waals surface area contributed by atoms with Crippen molar-refractivity contribution in [2.24, 2.45) is 17.8 Å². The van der Waals surface area contributed by atoms with Gasteiger partial charge in [0, 0.05) is 23.8 Å². The molecular weight excluding hydrogens is 322 g/mol. The van der Waals surface area contributed by atoms with E-state index < -0.39 is 0 Å². The highest BCUT2D eigenvalue weighted by Crippen LogP contribution is 2.57. The zero-order chi connectivity index (χ0) is 16.2. The Hall–Kier alpha value is -1.06. The first-order valence-electron chi connectivity index (χ1n) is 9.04. The van der Waals surface area contributed by atoms with Gasteiger partial charge in [-0.2, -0.15) is 0 Å².